The van der Waals surface area contributed by atoms with E-state index in [1.54, 1.807) is 28.6 Å². The summed E-state index contributed by atoms with van der Waals surface area (Å²) in [5.41, 5.74) is 5.57. The highest BCUT2D eigenvalue weighted by Gasteiger charge is 2.35. The molecule has 0 spiro atoms. The quantitative estimate of drug-likeness (QED) is 0.173. The molecule has 8 heteroatoms. The van der Waals surface area contributed by atoms with Crippen molar-refractivity contribution in [2.24, 2.45) is 0 Å². The van der Waals surface area contributed by atoms with Gasteiger partial charge in [0.2, 0.25) is 10.0 Å². The van der Waals surface area contributed by atoms with Crippen molar-refractivity contribution in [3.05, 3.63) is 130 Å². The predicted octanol–water partition coefficient (Wildman–Crippen LogP) is 8.43. The summed E-state index contributed by atoms with van der Waals surface area (Å²) in [5, 5.41) is 1.41. The van der Waals surface area contributed by atoms with Crippen LogP contribution in [0.4, 0.5) is 0 Å². The van der Waals surface area contributed by atoms with E-state index in [0.717, 1.165) is 53.7 Å². The van der Waals surface area contributed by atoms with E-state index in [1.165, 1.54) is 5.56 Å². The number of benzene rings is 4. The van der Waals surface area contributed by atoms with Crippen LogP contribution in [0.2, 0.25) is 10.0 Å². The number of piperidine rings is 1. The molecule has 2 heterocycles. The Kier molecular flexibility index (Phi) is 7.35. The van der Waals surface area contributed by atoms with Gasteiger partial charge in [-0.25, -0.2) is 13.4 Å². The normalized spacial score (nSPS) is 16.8. The second kappa shape index (κ2) is 11.2. The third-order valence-corrected chi connectivity index (χ3v) is 11.0. The van der Waals surface area contributed by atoms with Crippen molar-refractivity contribution in [2.75, 3.05) is 13.1 Å². The van der Waals surface area contributed by atoms with Crippen LogP contribution in [0.15, 0.2) is 102 Å². The lowest BCUT2D eigenvalue weighted by atomic mass is 9.85. The van der Waals surface area contributed by atoms with Crippen LogP contribution in [0.1, 0.15) is 66.1 Å². The molecular formula is C34H31Cl2N3O2S. The maximum atomic E-state index is 13.3. The molecule has 2 aliphatic rings. The summed E-state index contributed by atoms with van der Waals surface area (Å²) in [6.07, 6.45) is 3.80. The van der Waals surface area contributed by atoms with Crippen molar-refractivity contribution in [1.82, 2.24) is 13.9 Å². The highest BCUT2D eigenvalue weighted by atomic mass is 35.5. The average Bonchev–Trinajstić information content (AvgIpc) is 3.80. The number of sulfonamides is 1. The van der Waals surface area contributed by atoms with E-state index in [9.17, 15) is 8.42 Å². The lowest BCUT2D eigenvalue weighted by Crippen LogP contribution is -2.39. The summed E-state index contributed by atoms with van der Waals surface area (Å²) < 4.78 is 30.7. The fourth-order valence-corrected chi connectivity index (χ4v) is 8.03. The molecule has 5 nitrogen and oxygen atoms in total. The number of nitrogens with zero attached hydrogens (tertiary/aromatic N) is 3. The molecule has 5 aromatic rings. The van der Waals surface area contributed by atoms with E-state index < -0.39 is 10.0 Å². The summed E-state index contributed by atoms with van der Waals surface area (Å²) in [5.74, 6) is 1.60. The molecule has 0 bridgehead atoms. The Morgan fingerprint density at radius 1 is 0.714 bits per heavy atom. The first-order valence-corrected chi connectivity index (χ1v) is 16.7. The number of fused-ring (bicyclic) bond motifs is 1. The minimum Gasteiger partial charge on any atom is -0.325 e. The van der Waals surface area contributed by atoms with E-state index in [0.29, 0.717) is 33.9 Å². The standard InChI is InChI=1S/C34H31Cl2N3O2S/c35-27-13-8-23(9-14-27)33(24-10-15-28(36)16-11-24)26-12-17-31-32(22-26)39(34(37-31)25-6-7-25)29-18-20-38(21-19-29)42(40,41)30-4-2-1-3-5-30/h1-5,8-17,22,25,29,33H,6-7,18-21H2. The van der Waals surface area contributed by atoms with Crippen LogP contribution in [-0.4, -0.2) is 35.4 Å². The van der Waals surface area contributed by atoms with E-state index in [1.807, 2.05) is 30.3 Å². The molecule has 7 rings (SSSR count). The second-order valence-corrected chi connectivity index (χ2v) is 14.2. The fraction of sp³-hybridized carbons (Fsp3) is 0.265. The molecule has 1 saturated carbocycles. The van der Waals surface area contributed by atoms with Gasteiger partial charge in [-0.05, 0) is 90.9 Å². The zero-order chi connectivity index (χ0) is 28.8. The van der Waals surface area contributed by atoms with Gasteiger partial charge in [0.25, 0.3) is 0 Å². The van der Waals surface area contributed by atoms with Crippen LogP contribution in [0.5, 0.6) is 0 Å². The maximum absolute atomic E-state index is 13.3. The van der Waals surface area contributed by atoms with Crippen molar-refractivity contribution in [3.8, 4) is 0 Å². The zero-order valence-corrected chi connectivity index (χ0v) is 25.4. The van der Waals surface area contributed by atoms with Gasteiger partial charge in [0.1, 0.15) is 5.82 Å². The fourth-order valence-electron chi connectivity index (χ4n) is 6.29. The van der Waals surface area contributed by atoms with Gasteiger partial charge in [-0.2, -0.15) is 4.31 Å². The SMILES string of the molecule is O=S(=O)(c1ccccc1)N1CCC(n2c(C3CC3)nc3ccc(C(c4ccc(Cl)cc4)c4ccc(Cl)cc4)cc32)CC1. The molecule has 1 aromatic heterocycles. The Morgan fingerprint density at radius 3 is 1.86 bits per heavy atom. The van der Waals surface area contributed by atoms with Crippen LogP contribution in [0, 0.1) is 0 Å². The van der Waals surface area contributed by atoms with Gasteiger partial charge >= 0.3 is 0 Å². The first-order valence-electron chi connectivity index (χ1n) is 14.5. The molecule has 0 unspecified atom stereocenters. The van der Waals surface area contributed by atoms with Crippen LogP contribution in [0.3, 0.4) is 0 Å². The van der Waals surface area contributed by atoms with Gasteiger partial charge < -0.3 is 4.57 Å². The molecule has 1 saturated heterocycles. The van der Waals surface area contributed by atoms with E-state index >= 15 is 0 Å². The second-order valence-electron chi connectivity index (χ2n) is 11.3. The molecule has 4 aromatic carbocycles. The van der Waals surface area contributed by atoms with Gasteiger partial charge in [0.05, 0.1) is 15.9 Å². The van der Waals surface area contributed by atoms with E-state index in [2.05, 4.69) is 47.0 Å². The van der Waals surface area contributed by atoms with Crippen LogP contribution < -0.4 is 0 Å². The monoisotopic (exact) mass is 615 g/mol. The molecule has 2 fully saturated rings. The molecule has 0 N–H and O–H groups in total. The van der Waals surface area contributed by atoms with Gasteiger partial charge in [-0.15, -0.1) is 0 Å². The van der Waals surface area contributed by atoms with Gasteiger partial charge in [-0.1, -0.05) is 71.7 Å². The molecule has 214 valence electrons. The summed E-state index contributed by atoms with van der Waals surface area (Å²) in [6.45, 7) is 0.979. The number of imidazole rings is 1. The van der Waals surface area contributed by atoms with E-state index in [4.69, 9.17) is 28.2 Å². The molecule has 0 amide bonds. The topological polar surface area (TPSA) is 55.2 Å². The smallest absolute Gasteiger partial charge is 0.243 e. The summed E-state index contributed by atoms with van der Waals surface area (Å²) in [4.78, 5) is 5.49. The van der Waals surface area contributed by atoms with Crippen molar-refractivity contribution in [2.45, 2.75) is 48.5 Å². The van der Waals surface area contributed by atoms with Crippen LogP contribution in [0.25, 0.3) is 11.0 Å². The van der Waals surface area contributed by atoms with Crippen LogP contribution >= 0.6 is 23.2 Å². The number of rotatable bonds is 7. The summed E-state index contributed by atoms with van der Waals surface area (Å²) in [6, 6.07) is 31.6. The van der Waals surface area contributed by atoms with Gasteiger partial charge in [0, 0.05) is 41.0 Å². The van der Waals surface area contributed by atoms with Crippen LogP contribution in [-0.2, 0) is 10.0 Å². The minimum absolute atomic E-state index is 0.00507. The Labute approximate surface area is 256 Å². The lowest BCUT2D eigenvalue weighted by Gasteiger charge is -2.33. The van der Waals surface area contributed by atoms with Crippen molar-refractivity contribution < 1.29 is 8.42 Å². The molecule has 0 radical (unpaired) electrons. The molecule has 0 atom stereocenters. The van der Waals surface area contributed by atoms with Crippen molar-refractivity contribution in [1.29, 1.82) is 0 Å². The summed E-state index contributed by atoms with van der Waals surface area (Å²) in [7, 11) is -3.51. The lowest BCUT2D eigenvalue weighted by molar-refractivity contribution is 0.274. The summed E-state index contributed by atoms with van der Waals surface area (Å²) >= 11 is 12.5. The average molecular weight is 617 g/mol. The van der Waals surface area contributed by atoms with E-state index in [-0.39, 0.29) is 12.0 Å². The Hall–Kier alpha value is -3.16. The Bertz CT molecular complexity index is 1780. The van der Waals surface area contributed by atoms with Crippen molar-refractivity contribution >= 4 is 44.3 Å². The van der Waals surface area contributed by atoms with Crippen molar-refractivity contribution in [3.63, 3.8) is 0 Å². The largest absolute Gasteiger partial charge is 0.325 e. The minimum atomic E-state index is -3.51. The first-order chi connectivity index (χ1) is 20.4. The highest BCUT2D eigenvalue weighted by molar-refractivity contribution is 7.89. The number of halogens is 2. The third-order valence-electron chi connectivity index (χ3n) is 8.59. The number of hydrogen-bond donors (Lipinski definition) is 0. The Balaban J connectivity index is 1.26. The number of aromatic nitrogens is 2. The Morgan fingerprint density at radius 2 is 1.29 bits per heavy atom. The highest BCUT2D eigenvalue weighted by Crippen LogP contribution is 2.44. The first kappa shape index (κ1) is 27.7. The molecule has 1 aliphatic heterocycles. The molecular weight excluding hydrogens is 585 g/mol. The van der Waals surface area contributed by atoms with Gasteiger partial charge in [0.15, 0.2) is 0 Å². The molecule has 1 aliphatic carbocycles. The van der Waals surface area contributed by atoms with Gasteiger partial charge in [-0.3, -0.25) is 0 Å². The maximum Gasteiger partial charge on any atom is 0.243 e. The zero-order valence-electron chi connectivity index (χ0n) is 23.0. The molecule has 42 heavy (non-hydrogen) atoms. The predicted molar refractivity (Wildman–Crippen MR) is 169 cm³/mol. The third kappa shape index (κ3) is 5.26. The number of hydrogen-bond acceptors (Lipinski definition) is 3.